The topological polar surface area (TPSA) is 9.23 Å². The smallest absolute Gasteiger partial charge is 0.134 e. The third-order valence-corrected chi connectivity index (χ3v) is 3.52. The van der Waals surface area contributed by atoms with Gasteiger partial charge in [-0.2, -0.15) is 0 Å². The molecule has 0 amide bonds. The minimum absolute atomic E-state index is 0.480. The number of hydrogen-bond donors (Lipinski definition) is 2. The Bertz CT molecular complexity index is 543. The zero-order chi connectivity index (χ0) is 13.0. The number of hydrogen-bond acceptors (Lipinski definition) is 3. The van der Waals surface area contributed by atoms with Crippen LogP contribution in [0, 0.1) is 0 Å². The maximum atomic E-state index is 5.89. The number of thiol groups is 2. The van der Waals surface area contributed by atoms with E-state index in [0.29, 0.717) is 12.5 Å². The van der Waals surface area contributed by atoms with Gasteiger partial charge in [0.2, 0.25) is 0 Å². The summed E-state index contributed by atoms with van der Waals surface area (Å²) in [5.74, 6) is 1.22. The Morgan fingerprint density at radius 2 is 1.72 bits per heavy atom. The molecule has 0 heterocycles. The molecule has 0 aliphatic rings. The summed E-state index contributed by atoms with van der Waals surface area (Å²) in [7, 11) is 0. The van der Waals surface area contributed by atoms with Gasteiger partial charge in [-0.25, -0.2) is 0 Å². The molecule has 18 heavy (non-hydrogen) atoms. The van der Waals surface area contributed by atoms with E-state index in [9.17, 15) is 0 Å². The lowest BCUT2D eigenvalue weighted by Gasteiger charge is -2.11. The van der Waals surface area contributed by atoms with Crippen LogP contribution in [-0.2, 0) is 12.5 Å². The van der Waals surface area contributed by atoms with Gasteiger partial charge in [-0.3, -0.25) is 0 Å². The first-order valence-electron chi connectivity index (χ1n) is 5.48. The standard InChI is InChI=1S/C14H13ClOS2/c15-8-10-3-1-2-4-11(10)9-16-13-7-12(17)5-6-14(13)18/h1-7,17-18H,8-9H2. The monoisotopic (exact) mass is 296 g/mol. The number of halogens is 1. The number of alkyl halides is 1. The maximum Gasteiger partial charge on any atom is 0.134 e. The first kappa shape index (κ1) is 13.7. The van der Waals surface area contributed by atoms with Gasteiger partial charge < -0.3 is 4.74 Å². The SMILES string of the molecule is Sc1ccc(S)c(OCc2ccccc2CCl)c1. The molecule has 0 radical (unpaired) electrons. The summed E-state index contributed by atoms with van der Waals surface area (Å²) in [6.45, 7) is 0.480. The van der Waals surface area contributed by atoms with Crippen LogP contribution < -0.4 is 4.74 Å². The normalized spacial score (nSPS) is 10.4. The predicted octanol–water partition coefficient (Wildman–Crippen LogP) is 4.58. The number of ether oxygens (including phenoxy) is 1. The molecule has 0 aromatic heterocycles. The second kappa shape index (κ2) is 6.41. The molecule has 2 aromatic carbocycles. The molecule has 0 bridgehead atoms. The molecule has 0 N–H and O–H groups in total. The van der Waals surface area contributed by atoms with Crippen molar-refractivity contribution < 1.29 is 4.74 Å². The van der Waals surface area contributed by atoms with Gasteiger partial charge in [0.05, 0.1) is 0 Å². The second-order valence-electron chi connectivity index (χ2n) is 3.84. The third-order valence-electron chi connectivity index (χ3n) is 2.59. The summed E-state index contributed by atoms with van der Waals surface area (Å²) in [4.78, 5) is 1.66. The van der Waals surface area contributed by atoms with E-state index in [1.807, 2.05) is 42.5 Å². The number of benzene rings is 2. The van der Waals surface area contributed by atoms with Crippen molar-refractivity contribution in [3.05, 3.63) is 53.6 Å². The quantitative estimate of drug-likeness (QED) is 0.620. The summed E-state index contributed by atoms with van der Waals surface area (Å²) in [5.41, 5.74) is 2.17. The van der Waals surface area contributed by atoms with Crippen LogP contribution in [0.2, 0.25) is 0 Å². The Kier molecular flexibility index (Phi) is 4.87. The van der Waals surface area contributed by atoms with E-state index < -0.39 is 0 Å². The Labute approximate surface area is 123 Å². The number of rotatable bonds is 4. The largest absolute Gasteiger partial charge is 0.488 e. The van der Waals surface area contributed by atoms with Crippen LogP contribution in [0.15, 0.2) is 52.3 Å². The summed E-state index contributed by atoms with van der Waals surface area (Å²) < 4.78 is 5.76. The molecule has 0 aliphatic carbocycles. The van der Waals surface area contributed by atoms with E-state index in [0.717, 1.165) is 26.7 Å². The molecule has 0 saturated heterocycles. The molecule has 0 spiro atoms. The van der Waals surface area contributed by atoms with Crippen LogP contribution >= 0.6 is 36.9 Å². The first-order chi connectivity index (χ1) is 8.70. The summed E-state index contributed by atoms with van der Waals surface area (Å²) in [5, 5.41) is 0. The third kappa shape index (κ3) is 3.37. The molecule has 0 saturated carbocycles. The first-order valence-corrected chi connectivity index (χ1v) is 6.91. The van der Waals surface area contributed by atoms with Crippen molar-refractivity contribution in [1.29, 1.82) is 0 Å². The minimum atomic E-state index is 0.480. The van der Waals surface area contributed by atoms with Crippen molar-refractivity contribution in [1.82, 2.24) is 0 Å². The van der Waals surface area contributed by atoms with E-state index in [-0.39, 0.29) is 0 Å². The fourth-order valence-corrected chi connectivity index (χ4v) is 2.26. The van der Waals surface area contributed by atoms with Crippen LogP contribution in [0.25, 0.3) is 0 Å². The molecular weight excluding hydrogens is 284 g/mol. The average Bonchev–Trinajstić information content (AvgIpc) is 2.40. The Morgan fingerprint density at radius 1 is 1.00 bits per heavy atom. The maximum absolute atomic E-state index is 5.89. The van der Waals surface area contributed by atoms with Crippen LogP contribution in [0.3, 0.4) is 0 Å². The van der Waals surface area contributed by atoms with Crippen molar-refractivity contribution in [3.63, 3.8) is 0 Å². The van der Waals surface area contributed by atoms with Crippen LogP contribution in [0.5, 0.6) is 5.75 Å². The molecule has 2 aromatic rings. The molecule has 2 rings (SSSR count). The Balaban J connectivity index is 2.14. The highest BCUT2D eigenvalue weighted by Crippen LogP contribution is 2.26. The zero-order valence-electron chi connectivity index (χ0n) is 9.64. The minimum Gasteiger partial charge on any atom is -0.488 e. The van der Waals surface area contributed by atoms with Gasteiger partial charge in [-0.1, -0.05) is 24.3 Å². The Morgan fingerprint density at radius 3 is 2.44 bits per heavy atom. The molecule has 0 atom stereocenters. The van der Waals surface area contributed by atoms with E-state index in [4.69, 9.17) is 16.3 Å². The van der Waals surface area contributed by atoms with Crippen LogP contribution in [0.4, 0.5) is 0 Å². The van der Waals surface area contributed by atoms with Gasteiger partial charge in [-0.15, -0.1) is 36.9 Å². The average molecular weight is 297 g/mol. The lowest BCUT2D eigenvalue weighted by Crippen LogP contribution is -1.99. The fraction of sp³-hybridized carbons (Fsp3) is 0.143. The van der Waals surface area contributed by atoms with Crippen molar-refractivity contribution in [2.75, 3.05) is 0 Å². The van der Waals surface area contributed by atoms with Crippen molar-refractivity contribution in [3.8, 4) is 5.75 Å². The molecule has 0 fully saturated rings. The highest BCUT2D eigenvalue weighted by atomic mass is 35.5. The molecular formula is C14H13ClOS2. The molecule has 94 valence electrons. The van der Waals surface area contributed by atoms with Crippen molar-refractivity contribution >= 4 is 36.9 Å². The summed E-state index contributed by atoms with van der Waals surface area (Å²) in [6, 6.07) is 13.6. The van der Waals surface area contributed by atoms with Gasteiger partial charge >= 0.3 is 0 Å². The lowest BCUT2D eigenvalue weighted by atomic mass is 10.1. The van der Waals surface area contributed by atoms with E-state index >= 15 is 0 Å². The van der Waals surface area contributed by atoms with E-state index in [1.54, 1.807) is 0 Å². The molecule has 4 heteroatoms. The van der Waals surface area contributed by atoms with Gasteiger partial charge in [0, 0.05) is 15.7 Å². The summed E-state index contributed by atoms with van der Waals surface area (Å²) >= 11 is 14.5. The second-order valence-corrected chi connectivity index (χ2v) is 5.11. The Hall–Kier alpha value is -0.770. The predicted molar refractivity (Wildman–Crippen MR) is 81.3 cm³/mol. The van der Waals surface area contributed by atoms with Gasteiger partial charge in [0.25, 0.3) is 0 Å². The van der Waals surface area contributed by atoms with Crippen molar-refractivity contribution in [2.24, 2.45) is 0 Å². The van der Waals surface area contributed by atoms with Gasteiger partial charge in [0.15, 0.2) is 0 Å². The summed E-state index contributed by atoms with van der Waals surface area (Å²) in [6.07, 6.45) is 0. The van der Waals surface area contributed by atoms with E-state index in [1.165, 1.54) is 0 Å². The highest BCUT2D eigenvalue weighted by molar-refractivity contribution is 7.80. The van der Waals surface area contributed by atoms with Gasteiger partial charge in [0.1, 0.15) is 12.4 Å². The van der Waals surface area contributed by atoms with E-state index in [2.05, 4.69) is 25.3 Å². The molecule has 1 nitrogen and oxygen atoms in total. The molecule has 0 unspecified atom stereocenters. The van der Waals surface area contributed by atoms with Gasteiger partial charge in [-0.05, 0) is 29.3 Å². The van der Waals surface area contributed by atoms with Crippen molar-refractivity contribution in [2.45, 2.75) is 22.3 Å². The lowest BCUT2D eigenvalue weighted by molar-refractivity contribution is 0.297. The van der Waals surface area contributed by atoms with Crippen LogP contribution in [0.1, 0.15) is 11.1 Å². The molecule has 0 aliphatic heterocycles. The zero-order valence-corrected chi connectivity index (χ0v) is 12.2. The van der Waals surface area contributed by atoms with Crippen LogP contribution in [-0.4, -0.2) is 0 Å². The highest BCUT2D eigenvalue weighted by Gasteiger charge is 2.04. The fourth-order valence-electron chi connectivity index (χ4n) is 1.60.